The quantitative estimate of drug-likeness (QED) is 0.405. The van der Waals surface area contributed by atoms with Crippen LogP contribution in [0.4, 0.5) is 0 Å². The van der Waals surface area contributed by atoms with Crippen molar-refractivity contribution in [1.82, 2.24) is 0 Å². The second-order valence-electron chi connectivity index (χ2n) is 4.64. The lowest BCUT2D eigenvalue weighted by molar-refractivity contribution is -0.139. The Kier molecular flexibility index (Phi) is 7.48. The lowest BCUT2D eigenvalue weighted by Gasteiger charge is -2.07. The molecule has 0 aliphatic carbocycles. The number of methoxy groups -OCH3 is 1. The molecule has 0 atom stereocenters. The van der Waals surface area contributed by atoms with E-state index in [0.29, 0.717) is 18.6 Å². The van der Waals surface area contributed by atoms with Crippen molar-refractivity contribution in [1.29, 1.82) is 0 Å². The fourth-order valence-corrected chi connectivity index (χ4v) is 1.85. The van der Waals surface area contributed by atoms with E-state index in [9.17, 15) is 4.79 Å². The Morgan fingerprint density at radius 1 is 1.25 bits per heavy atom. The molecule has 1 aromatic rings. The monoisotopic (exact) mass is 276 g/mol. The number of rotatable bonds is 8. The molecule has 0 fully saturated rings. The molecule has 0 heterocycles. The number of benzene rings is 1. The summed E-state index contributed by atoms with van der Waals surface area (Å²) in [5.41, 5.74) is 1.64. The predicted octanol–water partition coefficient (Wildman–Crippen LogP) is 4.22. The SMILES string of the molecule is CCCCCOC(=O)/C(=C/c1cccc(OC)c1)CC. The Morgan fingerprint density at radius 2 is 2.05 bits per heavy atom. The topological polar surface area (TPSA) is 35.5 Å². The minimum absolute atomic E-state index is 0.216. The fraction of sp³-hybridized carbons (Fsp3) is 0.471. The molecule has 0 spiro atoms. The molecule has 0 amide bonds. The summed E-state index contributed by atoms with van der Waals surface area (Å²) < 4.78 is 10.5. The van der Waals surface area contributed by atoms with Gasteiger partial charge in [-0.15, -0.1) is 0 Å². The molecule has 3 heteroatoms. The zero-order valence-electron chi connectivity index (χ0n) is 12.6. The van der Waals surface area contributed by atoms with Crippen LogP contribution in [-0.4, -0.2) is 19.7 Å². The number of hydrogen-bond donors (Lipinski definition) is 0. The summed E-state index contributed by atoms with van der Waals surface area (Å²) in [6, 6.07) is 7.64. The van der Waals surface area contributed by atoms with Crippen molar-refractivity contribution in [2.45, 2.75) is 39.5 Å². The van der Waals surface area contributed by atoms with E-state index in [1.54, 1.807) is 7.11 Å². The van der Waals surface area contributed by atoms with Crippen LogP contribution in [0.3, 0.4) is 0 Å². The second-order valence-corrected chi connectivity index (χ2v) is 4.64. The summed E-state index contributed by atoms with van der Waals surface area (Å²) in [7, 11) is 1.63. The lowest BCUT2D eigenvalue weighted by Crippen LogP contribution is -2.08. The van der Waals surface area contributed by atoms with E-state index >= 15 is 0 Å². The molecule has 0 saturated carbocycles. The third-order valence-electron chi connectivity index (χ3n) is 3.06. The first-order chi connectivity index (χ1) is 9.71. The molecule has 0 saturated heterocycles. The Labute approximate surface area is 121 Å². The smallest absolute Gasteiger partial charge is 0.334 e. The maximum absolute atomic E-state index is 12.0. The van der Waals surface area contributed by atoms with E-state index in [1.165, 1.54) is 0 Å². The molecule has 0 aliphatic heterocycles. The molecular formula is C17H24O3. The molecular weight excluding hydrogens is 252 g/mol. The van der Waals surface area contributed by atoms with Crippen molar-refractivity contribution in [3.05, 3.63) is 35.4 Å². The maximum atomic E-state index is 12.0. The van der Waals surface area contributed by atoms with Crippen LogP contribution in [0.5, 0.6) is 5.75 Å². The van der Waals surface area contributed by atoms with Gasteiger partial charge in [-0.1, -0.05) is 38.8 Å². The number of ether oxygens (including phenoxy) is 2. The van der Waals surface area contributed by atoms with Gasteiger partial charge in [0.15, 0.2) is 0 Å². The van der Waals surface area contributed by atoms with Crippen LogP contribution in [0.1, 0.15) is 45.1 Å². The summed E-state index contributed by atoms with van der Waals surface area (Å²) in [5, 5.41) is 0. The molecule has 110 valence electrons. The van der Waals surface area contributed by atoms with Crippen molar-refractivity contribution < 1.29 is 14.3 Å². The zero-order chi connectivity index (χ0) is 14.8. The first-order valence-corrected chi connectivity index (χ1v) is 7.23. The summed E-state index contributed by atoms with van der Waals surface area (Å²) in [4.78, 5) is 12.0. The highest BCUT2D eigenvalue weighted by Gasteiger charge is 2.09. The molecule has 20 heavy (non-hydrogen) atoms. The van der Waals surface area contributed by atoms with Crippen molar-refractivity contribution >= 4 is 12.0 Å². The van der Waals surface area contributed by atoms with Crippen LogP contribution in [0.15, 0.2) is 29.8 Å². The third kappa shape index (κ3) is 5.47. The minimum atomic E-state index is -0.216. The van der Waals surface area contributed by atoms with E-state index in [1.807, 2.05) is 37.3 Å². The van der Waals surface area contributed by atoms with Gasteiger partial charge in [0.2, 0.25) is 0 Å². The van der Waals surface area contributed by atoms with Crippen molar-refractivity contribution in [2.75, 3.05) is 13.7 Å². The number of hydrogen-bond acceptors (Lipinski definition) is 3. The van der Waals surface area contributed by atoms with Crippen molar-refractivity contribution in [2.24, 2.45) is 0 Å². The van der Waals surface area contributed by atoms with Gasteiger partial charge in [-0.3, -0.25) is 0 Å². The van der Waals surface area contributed by atoms with Gasteiger partial charge < -0.3 is 9.47 Å². The molecule has 0 N–H and O–H groups in total. The van der Waals surface area contributed by atoms with Crippen LogP contribution in [0.2, 0.25) is 0 Å². The van der Waals surface area contributed by atoms with Gasteiger partial charge in [-0.05, 0) is 36.6 Å². The number of carbonyl (C=O) groups is 1. The van der Waals surface area contributed by atoms with E-state index in [4.69, 9.17) is 9.47 Å². The van der Waals surface area contributed by atoms with Crippen molar-refractivity contribution in [3.8, 4) is 5.75 Å². The van der Waals surface area contributed by atoms with E-state index in [2.05, 4.69) is 6.92 Å². The molecule has 0 bridgehead atoms. The molecule has 0 radical (unpaired) electrons. The molecule has 1 aromatic carbocycles. The van der Waals surface area contributed by atoms with Crippen LogP contribution in [0.25, 0.3) is 6.08 Å². The minimum Gasteiger partial charge on any atom is -0.497 e. The summed E-state index contributed by atoms with van der Waals surface area (Å²) >= 11 is 0. The molecule has 3 nitrogen and oxygen atoms in total. The van der Waals surface area contributed by atoms with Gasteiger partial charge in [0.05, 0.1) is 13.7 Å². The van der Waals surface area contributed by atoms with Crippen LogP contribution < -0.4 is 4.74 Å². The Morgan fingerprint density at radius 3 is 2.70 bits per heavy atom. The van der Waals surface area contributed by atoms with Crippen LogP contribution in [-0.2, 0) is 9.53 Å². The average molecular weight is 276 g/mol. The van der Waals surface area contributed by atoms with E-state index < -0.39 is 0 Å². The van der Waals surface area contributed by atoms with Crippen LogP contribution in [0, 0.1) is 0 Å². The number of esters is 1. The molecule has 1 rings (SSSR count). The maximum Gasteiger partial charge on any atom is 0.334 e. The lowest BCUT2D eigenvalue weighted by atomic mass is 10.1. The second kappa shape index (κ2) is 9.18. The molecule has 0 aliphatic rings. The number of unbranched alkanes of at least 4 members (excludes halogenated alkanes) is 2. The van der Waals surface area contributed by atoms with Gasteiger partial charge in [-0.2, -0.15) is 0 Å². The standard InChI is InChI=1S/C17H24O3/c1-4-6-7-11-20-17(18)15(5-2)12-14-9-8-10-16(13-14)19-3/h8-10,12-13H,4-7,11H2,1-3H3/b15-12+. The zero-order valence-corrected chi connectivity index (χ0v) is 12.6. The molecule has 0 aromatic heterocycles. The average Bonchev–Trinajstić information content (AvgIpc) is 2.49. The Bertz CT molecular complexity index is 449. The number of carbonyl (C=O) groups excluding carboxylic acids is 1. The third-order valence-corrected chi connectivity index (χ3v) is 3.06. The fourth-order valence-electron chi connectivity index (χ4n) is 1.85. The Balaban J connectivity index is 2.67. The first-order valence-electron chi connectivity index (χ1n) is 7.23. The van der Waals surface area contributed by atoms with Gasteiger partial charge >= 0.3 is 5.97 Å². The Hall–Kier alpha value is -1.77. The van der Waals surface area contributed by atoms with Gasteiger partial charge in [0, 0.05) is 5.57 Å². The van der Waals surface area contributed by atoms with Crippen molar-refractivity contribution in [3.63, 3.8) is 0 Å². The van der Waals surface area contributed by atoms with E-state index in [-0.39, 0.29) is 5.97 Å². The van der Waals surface area contributed by atoms with Crippen LogP contribution >= 0.6 is 0 Å². The van der Waals surface area contributed by atoms with Gasteiger partial charge in [0.25, 0.3) is 0 Å². The van der Waals surface area contributed by atoms with Gasteiger partial charge in [0.1, 0.15) is 5.75 Å². The largest absolute Gasteiger partial charge is 0.497 e. The summed E-state index contributed by atoms with van der Waals surface area (Å²) in [6.45, 7) is 4.59. The molecule has 0 unspecified atom stereocenters. The summed E-state index contributed by atoms with van der Waals surface area (Å²) in [6.07, 6.45) is 5.67. The summed E-state index contributed by atoms with van der Waals surface area (Å²) in [5.74, 6) is 0.567. The highest BCUT2D eigenvalue weighted by atomic mass is 16.5. The van der Waals surface area contributed by atoms with Gasteiger partial charge in [-0.25, -0.2) is 4.79 Å². The van der Waals surface area contributed by atoms with E-state index in [0.717, 1.165) is 30.6 Å². The first kappa shape index (κ1) is 16.3. The highest BCUT2D eigenvalue weighted by molar-refractivity contribution is 5.93. The predicted molar refractivity (Wildman–Crippen MR) is 81.7 cm³/mol. The normalized spacial score (nSPS) is 11.2. The highest BCUT2D eigenvalue weighted by Crippen LogP contribution is 2.17.